The van der Waals surface area contributed by atoms with Gasteiger partial charge in [-0.1, -0.05) is 66.2 Å². The van der Waals surface area contributed by atoms with Crippen LogP contribution in [0.5, 0.6) is 5.75 Å². The highest BCUT2D eigenvalue weighted by Gasteiger charge is 2.17. The number of carbonyl (C=O) groups is 1. The van der Waals surface area contributed by atoms with E-state index in [9.17, 15) is 9.18 Å². The molecule has 0 saturated carbocycles. The molecule has 0 heterocycles. The van der Waals surface area contributed by atoms with Crippen LogP contribution in [0.15, 0.2) is 72.8 Å². The van der Waals surface area contributed by atoms with Crippen molar-refractivity contribution in [1.29, 1.82) is 0 Å². The van der Waals surface area contributed by atoms with Gasteiger partial charge >= 0.3 is 5.97 Å². The Hall–Kier alpha value is -3.11. The number of halogens is 2. The largest absolute Gasteiger partial charge is 0.496 e. The number of benzene rings is 3. The first-order valence-electron chi connectivity index (χ1n) is 8.60. The van der Waals surface area contributed by atoms with Gasteiger partial charge in [0.15, 0.2) is 0 Å². The van der Waals surface area contributed by atoms with Gasteiger partial charge in [-0.15, -0.1) is 0 Å². The molecule has 0 aromatic heterocycles. The van der Waals surface area contributed by atoms with Crippen LogP contribution in [0.4, 0.5) is 4.39 Å². The van der Waals surface area contributed by atoms with Gasteiger partial charge in [0.05, 0.1) is 17.7 Å². The van der Waals surface area contributed by atoms with Crippen molar-refractivity contribution in [3.63, 3.8) is 0 Å². The highest BCUT2D eigenvalue weighted by Crippen LogP contribution is 2.26. The Morgan fingerprint density at radius 1 is 1.00 bits per heavy atom. The fraction of sp³-hybridized carbons (Fsp3) is 0.0870. The fourth-order valence-electron chi connectivity index (χ4n) is 2.70. The zero-order chi connectivity index (χ0) is 19.9. The average Bonchev–Trinajstić information content (AvgIpc) is 2.72. The van der Waals surface area contributed by atoms with Crippen molar-refractivity contribution in [3.8, 4) is 5.75 Å². The molecule has 142 valence electrons. The van der Waals surface area contributed by atoms with Crippen LogP contribution in [0, 0.1) is 5.82 Å². The van der Waals surface area contributed by atoms with Crippen LogP contribution in [0.1, 0.15) is 16.7 Å². The van der Waals surface area contributed by atoms with Crippen LogP contribution in [-0.2, 0) is 16.1 Å². The SMILES string of the molecule is COc1ccccc1C=C(C(=O)OCc1c(F)cccc1Cl)c1ccccc1. The molecule has 0 radical (unpaired) electrons. The van der Waals surface area contributed by atoms with Crippen molar-refractivity contribution in [1.82, 2.24) is 0 Å². The fourth-order valence-corrected chi connectivity index (χ4v) is 2.92. The van der Waals surface area contributed by atoms with Crippen molar-refractivity contribution in [2.45, 2.75) is 6.61 Å². The second kappa shape index (κ2) is 9.20. The second-order valence-electron chi connectivity index (χ2n) is 5.94. The molecule has 0 bridgehead atoms. The van der Waals surface area contributed by atoms with E-state index in [2.05, 4.69) is 0 Å². The molecule has 3 aromatic rings. The number of esters is 1. The summed E-state index contributed by atoms with van der Waals surface area (Å²) in [4.78, 5) is 12.8. The predicted molar refractivity (Wildman–Crippen MR) is 109 cm³/mol. The first-order chi connectivity index (χ1) is 13.6. The van der Waals surface area contributed by atoms with E-state index in [0.717, 1.165) is 5.56 Å². The third-order valence-electron chi connectivity index (χ3n) is 4.15. The summed E-state index contributed by atoms with van der Waals surface area (Å²) in [5.74, 6) is -0.479. The first-order valence-corrected chi connectivity index (χ1v) is 8.98. The van der Waals surface area contributed by atoms with Gasteiger partial charge in [0.1, 0.15) is 18.2 Å². The maximum atomic E-state index is 14.0. The molecule has 0 saturated heterocycles. The van der Waals surface area contributed by atoms with Crippen molar-refractivity contribution >= 4 is 29.2 Å². The van der Waals surface area contributed by atoms with E-state index in [4.69, 9.17) is 21.1 Å². The molecule has 0 atom stereocenters. The summed E-state index contributed by atoms with van der Waals surface area (Å²) < 4.78 is 24.7. The number of hydrogen-bond donors (Lipinski definition) is 0. The molecular formula is C23H18ClFO3. The minimum Gasteiger partial charge on any atom is -0.496 e. The van der Waals surface area contributed by atoms with Crippen LogP contribution >= 0.6 is 11.6 Å². The quantitative estimate of drug-likeness (QED) is 0.301. The summed E-state index contributed by atoms with van der Waals surface area (Å²) in [5.41, 5.74) is 1.88. The number of methoxy groups -OCH3 is 1. The molecular weight excluding hydrogens is 379 g/mol. The molecule has 0 fully saturated rings. The van der Waals surface area contributed by atoms with Gasteiger partial charge in [-0.3, -0.25) is 0 Å². The van der Waals surface area contributed by atoms with E-state index in [0.29, 0.717) is 16.9 Å². The third kappa shape index (κ3) is 4.59. The van der Waals surface area contributed by atoms with E-state index < -0.39 is 11.8 Å². The molecule has 0 unspecified atom stereocenters. The minimum atomic E-state index is -0.587. The molecule has 0 amide bonds. The van der Waals surface area contributed by atoms with Gasteiger partial charge in [0.25, 0.3) is 0 Å². The second-order valence-corrected chi connectivity index (χ2v) is 6.35. The van der Waals surface area contributed by atoms with Gasteiger partial charge in [-0.05, 0) is 29.8 Å². The predicted octanol–water partition coefficient (Wildman–Crippen LogP) is 5.77. The summed E-state index contributed by atoms with van der Waals surface area (Å²) in [5, 5.41) is 0.211. The van der Waals surface area contributed by atoms with Crippen molar-refractivity contribution in [2.75, 3.05) is 7.11 Å². The Kier molecular flexibility index (Phi) is 6.45. The molecule has 3 nitrogen and oxygen atoms in total. The van der Waals surface area contributed by atoms with E-state index in [1.165, 1.54) is 12.1 Å². The highest BCUT2D eigenvalue weighted by molar-refractivity contribution is 6.31. The molecule has 3 rings (SSSR count). The van der Waals surface area contributed by atoms with Crippen LogP contribution in [0.25, 0.3) is 11.6 Å². The van der Waals surface area contributed by atoms with Crippen LogP contribution in [-0.4, -0.2) is 13.1 Å². The van der Waals surface area contributed by atoms with Gasteiger partial charge in [-0.25, -0.2) is 9.18 Å². The first kappa shape index (κ1) is 19.6. The van der Waals surface area contributed by atoms with Gasteiger partial charge in [0.2, 0.25) is 0 Å². The lowest BCUT2D eigenvalue weighted by Gasteiger charge is -2.12. The lowest BCUT2D eigenvalue weighted by molar-refractivity contribution is -0.137. The van der Waals surface area contributed by atoms with Crippen LogP contribution in [0.3, 0.4) is 0 Å². The smallest absolute Gasteiger partial charge is 0.339 e. The number of ether oxygens (including phenoxy) is 2. The third-order valence-corrected chi connectivity index (χ3v) is 4.51. The van der Waals surface area contributed by atoms with Crippen molar-refractivity contribution in [3.05, 3.63) is 100 Å². The molecule has 0 aliphatic heterocycles. The molecule has 0 aliphatic rings. The number of carbonyl (C=O) groups excluding carboxylic acids is 1. The van der Waals surface area contributed by atoms with E-state index in [1.54, 1.807) is 37.5 Å². The Morgan fingerprint density at radius 3 is 2.43 bits per heavy atom. The Labute approximate surface area is 168 Å². The number of rotatable bonds is 6. The van der Waals surface area contributed by atoms with Gasteiger partial charge < -0.3 is 9.47 Å². The maximum absolute atomic E-state index is 14.0. The summed E-state index contributed by atoms with van der Waals surface area (Å²) in [6.45, 7) is -0.263. The van der Waals surface area contributed by atoms with E-state index in [-0.39, 0.29) is 17.2 Å². The van der Waals surface area contributed by atoms with Crippen molar-refractivity contribution in [2.24, 2.45) is 0 Å². The van der Waals surface area contributed by atoms with Gasteiger partial charge in [-0.2, -0.15) is 0 Å². The monoisotopic (exact) mass is 396 g/mol. The zero-order valence-corrected chi connectivity index (χ0v) is 15.9. The number of para-hydroxylation sites is 1. The highest BCUT2D eigenvalue weighted by atomic mass is 35.5. The summed E-state index contributed by atoms with van der Waals surface area (Å²) >= 11 is 6.02. The molecule has 5 heteroatoms. The lowest BCUT2D eigenvalue weighted by atomic mass is 10.0. The van der Waals surface area contributed by atoms with Crippen LogP contribution < -0.4 is 4.74 Å². The molecule has 28 heavy (non-hydrogen) atoms. The normalized spacial score (nSPS) is 11.2. The van der Waals surface area contributed by atoms with Gasteiger partial charge in [0, 0.05) is 11.1 Å². The maximum Gasteiger partial charge on any atom is 0.339 e. The Morgan fingerprint density at radius 2 is 1.71 bits per heavy atom. The molecule has 0 aliphatic carbocycles. The van der Waals surface area contributed by atoms with E-state index >= 15 is 0 Å². The minimum absolute atomic E-state index is 0.141. The molecule has 0 N–H and O–H groups in total. The Balaban J connectivity index is 1.93. The average molecular weight is 397 g/mol. The standard InChI is InChI=1S/C23H18ClFO3/c1-27-22-13-6-5-10-17(22)14-18(16-8-3-2-4-9-16)23(26)28-15-19-20(24)11-7-12-21(19)25/h2-14H,15H2,1H3. The zero-order valence-electron chi connectivity index (χ0n) is 15.2. The lowest BCUT2D eigenvalue weighted by Crippen LogP contribution is -2.08. The summed E-state index contributed by atoms with van der Waals surface area (Å²) in [6.07, 6.45) is 1.69. The molecule has 3 aromatic carbocycles. The summed E-state index contributed by atoms with van der Waals surface area (Å²) in [7, 11) is 1.56. The summed E-state index contributed by atoms with van der Waals surface area (Å²) in [6, 6.07) is 20.8. The topological polar surface area (TPSA) is 35.5 Å². The molecule has 0 spiro atoms. The Bertz CT molecular complexity index is 979. The number of hydrogen-bond acceptors (Lipinski definition) is 3. The van der Waals surface area contributed by atoms with Crippen molar-refractivity contribution < 1.29 is 18.7 Å². The van der Waals surface area contributed by atoms with Crippen LogP contribution in [0.2, 0.25) is 5.02 Å². The van der Waals surface area contributed by atoms with E-state index in [1.807, 2.05) is 36.4 Å².